The Labute approximate surface area is 173 Å². The van der Waals surface area contributed by atoms with E-state index in [4.69, 9.17) is 4.42 Å². The zero-order valence-electron chi connectivity index (χ0n) is 16.9. The first-order valence-corrected chi connectivity index (χ1v) is 9.99. The van der Waals surface area contributed by atoms with Crippen LogP contribution in [0.1, 0.15) is 29.0 Å². The van der Waals surface area contributed by atoms with E-state index in [0.29, 0.717) is 5.89 Å². The zero-order valence-corrected chi connectivity index (χ0v) is 16.9. The van der Waals surface area contributed by atoms with Crippen LogP contribution in [0.3, 0.4) is 0 Å². The summed E-state index contributed by atoms with van der Waals surface area (Å²) in [5.41, 5.74) is 4.53. The minimum atomic E-state index is -0.306. The monoisotopic (exact) mass is 402 g/mol. The number of pyridine rings is 1. The van der Waals surface area contributed by atoms with Crippen molar-refractivity contribution in [1.29, 1.82) is 0 Å². The molecule has 1 fully saturated rings. The number of amides is 1. The van der Waals surface area contributed by atoms with E-state index >= 15 is 0 Å². The fraction of sp³-hybridized carbons (Fsp3) is 0.273. The van der Waals surface area contributed by atoms with Crippen LogP contribution >= 0.6 is 0 Å². The van der Waals surface area contributed by atoms with Gasteiger partial charge in [0.15, 0.2) is 5.69 Å². The van der Waals surface area contributed by atoms with Crippen LogP contribution in [0.5, 0.6) is 0 Å². The smallest absolute Gasteiger partial charge is 0.277 e. The summed E-state index contributed by atoms with van der Waals surface area (Å²) in [4.78, 5) is 23.8. The minimum absolute atomic E-state index is 0.234. The molecule has 1 aromatic carbocycles. The van der Waals surface area contributed by atoms with Gasteiger partial charge in [0.2, 0.25) is 5.89 Å². The SMILES string of the molecule is Cc1cc(-c2nc(C(=O)Nc3cc4cn(C)nc4cc3N3CCCC3)co2)ccn1. The summed E-state index contributed by atoms with van der Waals surface area (Å²) in [5.74, 6) is 0.0904. The highest BCUT2D eigenvalue weighted by Gasteiger charge is 2.21. The Morgan fingerprint density at radius 2 is 2.03 bits per heavy atom. The molecule has 0 bridgehead atoms. The number of aryl methyl sites for hydroxylation is 2. The highest BCUT2D eigenvalue weighted by Crippen LogP contribution is 2.33. The predicted octanol–water partition coefficient (Wildman–Crippen LogP) is 3.78. The third-order valence-electron chi connectivity index (χ3n) is 5.31. The second kappa shape index (κ2) is 7.29. The van der Waals surface area contributed by atoms with Gasteiger partial charge in [0, 0.05) is 49.2 Å². The van der Waals surface area contributed by atoms with Gasteiger partial charge in [-0.3, -0.25) is 14.5 Å². The Morgan fingerprint density at radius 3 is 2.83 bits per heavy atom. The predicted molar refractivity (Wildman–Crippen MR) is 115 cm³/mol. The van der Waals surface area contributed by atoms with Crippen molar-refractivity contribution in [2.45, 2.75) is 19.8 Å². The molecule has 1 aliphatic rings. The van der Waals surface area contributed by atoms with Crippen LogP contribution in [0.4, 0.5) is 11.4 Å². The lowest BCUT2D eigenvalue weighted by Gasteiger charge is -2.21. The van der Waals surface area contributed by atoms with Crippen molar-refractivity contribution in [2.75, 3.05) is 23.3 Å². The van der Waals surface area contributed by atoms with E-state index in [0.717, 1.165) is 59.5 Å². The van der Waals surface area contributed by atoms with Gasteiger partial charge in [-0.2, -0.15) is 5.10 Å². The van der Waals surface area contributed by atoms with Gasteiger partial charge in [0.05, 0.1) is 16.9 Å². The molecule has 30 heavy (non-hydrogen) atoms. The highest BCUT2D eigenvalue weighted by molar-refractivity contribution is 6.06. The Kier molecular flexibility index (Phi) is 4.46. The summed E-state index contributed by atoms with van der Waals surface area (Å²) in [6.07, 6.45) is 7.31. The maximum absolute atomic E-state index is 12.9. The standard InChI is InChI=1S/C22H22N6O2/c1-14-9-15(5-6-23-14)22-25-19(13-30-22)21(29)24-18-10-16-12-27(2)26-17(16)11-20(18)28-7-3-4-8-28/h5-6,9-13H,3-4,7-8H2,1-2H3,(H,24,29). The lowest BCUT2D eigenvalue weighted by molar-refractivity contribution is 0.102. The number of carbonyl (C=O) groups is 1. The van der Waals surface area contributed by atoms with E-state index in [2.05, 4.69) is 25.3 Å². The van der Waals surface area contributed by atoms with E-state index in [1.54, 1.807) is 10.9 Å². The normalized spacial score (nSPS) is 13.9. The first-order valence-electron chi connectivity index (χ1n) is 9.99. The fourth-order valence-electron chi connectivity index (χ4n) is 3.88. The van der Waals surface area contributed by atoms with Crippen molar-refractivity contribution in [3.05, 3.63) is 54.3 Å². The van der Waals surface area contributed by atoms with E-state index in [9.17, 15) is 4.79 Å². The van der Waals surface area contributed by atoms with Crippen molar-refractivity contribution in [3.8, 4) is 11.5 Å². The van der Waals surface area contributed by atoms with Gasteiger partial charge in [-0.05, 0) is 44.0 Å². The Balaban J connectivity index is 1.46. The molecule has 0 unspecified atom stereocenters. The Morgan fingerprint density at radius 1 is 1.20 bits per heavy atom. The number of hydrogen-bond donors (Lipinski definition) is 1. The Hall–Kier alpha value is -3.68. The number of fused-ring (bicyclic) bond motifs is 1. The number of oxazole rings is 1. The molecule has 1 amide bonds. The van der Waals surface area contributed by atoms with Gasteiger partial charge < -0.3 is 14.6 Å². The second-order valence-electron chi connectivity index (χ2n) is 7.60. The van der Waals surface area contributed by atoms with Crippen LogP contribution in [0.25, 0.3) is 22.4 Å². The molecule has 1 saturated heterocycles. The van der Waals surface area contributed by atoms with Crippen LogP contribution in [0.2, 0.25) is 0 Å². The van der Waals surface area contributed by atoms with Gasteiger partial charge in [-0.1, -0.05) is 0 Å². The molecule has 152 valence electrons. The first-order chi connectivity index (χ1) is 14.6. The molecule has 0 atom stereocenters. The molecular formula is C22H22N6O2. The van der Waals surface area contributed by atoms with Crippen LogP contribution in [0.15, 0.2) is 47.3 Å². The first kappa shape index (κ1) is 18.4. The third-order valence-corrected chi connectivity index (χ3v) is 5.31. The number of benzene rings is 1. The number of anilines is 2. The largest absolute Gasteiger partial charge is 0.444 e. The summed E-state index contributed by atoms with van der Waals surface area (Å²) in [6, 6.07) is 7.70. The van der Waals surface area contributed by atoms with Crippen molar-refractivity contribution < 1.29 is 9.21 Å². The fourth-order valence-corrected chi connectivity index (χ4v) is 3.88. The molecule has 4 aromatic rings. The quantitative estimate of drug-likeness (QED) is 0.559. The number of nitrogens with zero attached hydrogens (tertiary/aromatic N) is 5. The lowest BCUT2D eigenvalue weighted by Crippen LogP contribution is -2.21. The number of carbonyl (C=O) groups excluding carboxylic acids is 1. The van der Waals surface area contributed by atoms with Crippen LogP contribution in [-0.2, 0) is 7.05 Å². The molecule has 8 nitrogen and oxygen atoms in total. The van der Waals surface area contributed by atoms with E-state index in [1.807, 2.05) is 44.4 Å². The average Bonchev–Trinajstić information content (AvgIpc) is 3.47. The van der Waals surface area contributed by atoms with E-state index < -0.39 is 0 Å². The van der Waals surface area contributed by atoms with E-state index in [1.165, 1.54) is 6.26 Å². The average molecular weight is 402 g/mol. The minimum Gasteiger partial charge on any atom is -0.444 e. The molecule has 0 radical (unpaired) electrons. The van der Waals surface area contributed by atoms with Crippen molar-refractivity contribution in [1.82, 2.24) is 19.7 Å². The van der Waals surface area contributed by atoms with Gasteiger partial charge >= 0.3 is 0 Å². The lowest BCUT2D eigenvalue weighted by atomic mass is 10.2. The van der Waals surface area contributed by atoms with Gasteiger partial charge in [-0.25, -0.2) is 4.98 Å². The van der Waals surface area contributed by atoms with Gasteiger partial charge in [0.1, 0.15) is 6.26 Å². The summed E-state index contributed by atoms with van der Waals surface area (Å²) in [5, 5.41) is 8.52. The highest BCUT2D eigenvalue weighted by atomic mass is 16.3. The van der Waals surface area contributed by atoms with Crippen LogP contribution in [0, 0.1) is 6.92 Å². The molecule has 0 saturated carbocycles. The summed E-state index contributed by atoms with van der Waals surface area (Å²) in [7, 11) is 1.89. The molecule has 0 aliphatic carbocycles. The molecule has 4 heterocycles. The zero-order chi connectivity index (χ0) is 20.7. The van der Waals surface area contributed by atoms with Crippen molar-refractivity contribution in [2.24, 2.45) is 7.05 Å². The topological polar surface area (TPSA) is 89.1 Å². The molecule has 3 aromatic heterocycles. The van der Waals surface area contributed by atoms with E-state index in [-0.39, 0.29) is 11.6 Å². The second-order valence-corrected chi connectivity index (χ2v) is 7.60. The maximum atomic E-state index is 12.9. The number of rotatable bonds is 4. The van der Waals surface area contributed by atoms with Gasteiger partial charge in [-0.15, -0.1) is 0 Å². The molecule has 8 heteroatoms. The van der Waals surface area contributed by atoms with Crippen molar-refractivity contribution in [3.63, 3.8) is 0 Å². The number of aromatic nitrogens is 4. The molecule has 1 aliphatic heterocycles. The van der Waals surface area contributed by atoms with Crippen LogP contribution in [-0.4, -0.2) is 38.7 Å². The molecule has 0 spiro atoms. The number of hydrogen-bond acceptors (Lipinski definition) is 6. The summed E-state index contributed by atoms with van der Waals surface area (Å²) < 4.78 is 7.33. The molecular weight excluding hydrogens is 380 g/mol. The molecule has 1 N–H and O–H groups in total. The van der Waals surface area contributed by atoms with Crippen LogP contribution < -0.4 is 10.2 Å². The van der Waals surface area contributed by atoms with Crippen molar-refractivity contribution >= 4 is 28.2 Å². The maximum Gasteiger partial charge on any atom is 0.277 e. The summed E-state index contributed by atoms with van der Waals surface area (Å²) >= 11 is 0. The van der Waals surface area contributed by atoms with Gasteiger partial charge in [0.25, 0.3) is 5.91 Å². The molecule has 5 rings (SSSR count). The third kappa shape index (κ3) is 3.41. The number of nitrogens with one attached hydrogen (secondary N) is 1. The summed E-state index contributed by atoms with van der Waals surface area (Å²) in [6.45, 7) is 3.84. The Bertz CT molecular complexity index is 1240.